The molecule has 6 N–H and O–H groups in total. The van der Waals surface area contributed by atoms with Crippen LogP contribution in [-0.2, 0) is 0 Å². The molecule has 2 rings (SSSR count). The van der Waals surface area contributed by atoms with Crippen molar-refractivity contribution in [3.8, 4) is 11.1 Å². The zero-order valence-corrected chi connectivity index (χ0v) is 15.5. The van der Waals surface area contributed by atoms with Gasteiger partial charge in [-0.15, -0.1) is 0 Å². The van der Waals surface area contributed by atoms with E-state index in [1.54, 1.807) is 24.7 Å². The van der Waals surface area contributed by atoms with E-state index >= 15 is 0 Å². The zero-order chi connectivity index (χ0) is 19.1. The van der Waals surface area contributed by atoms with Gasteiger partial charge in [0.25, 0.3) is 0 Å². The van der Waals surface area contributed by atoms with E-state index in [-0.39, 0.29) is 5.82 Å². The number of halogens is 1. The van der Waals surface area contributed by atoms with Crippen LogP contribution in [0.1, 0.15) is 19.4 Å². The summed E-state index contributed by atoms with van der Waals surface area (Å²) in [4.78, 5) is 8.35. The molecule has 0 atom stereocenters. The summed E-state index contributed by atoms with van der Waals surface area (Å²) in [5.74, 6) is 12.3. The Bertz CT molecular complexity index is 844. The van der Waals surface area contributed by atoms with Gasteiger partial charge in [0.05, 0.1) is 12.1 Å². The molecule has 0 aliphatic carbocycles. The quantitative estimate of drug-likeness (QED) is 0.244. The van der Waals surface area contributed by atoms with Gasteiger partial charge in [-0.25, -0.2) is 10.8 Å². The molecule has 0 aliphatic heterocycles. The first-order chi connectivity index (χ1) is 12.5. The summed E-state index contributed by atoms with van der Waals surface area (Å²) in [6.07, 6.45) is 8.75. The van der Waals surface area contributed by atoms with Gasteiger partial charge in [-0.2, -0.15) is 5.10 Å². The van der Waals surface area contributed by atoms with Crippen LogP contribution in [-0.4, -0.2) is 27.4 Å². The second-order valence-corrected chi connectivity index (χ2v) is 6.01. The molecule has 8 heteroatoms. The Hall–Kier alpha value is -2.90. The molecule has 2 aromatic heterocycles. The molecule has 0 aromatic carbocycles. The number of pyridine rings is 2. The molecule has 7 nitrogen and oxygen atoms in total. The van der Waals surface area contributed by atoms with Crippen molar-refractivity contribution in [2.45, 2.75) is 13.8 Å². The van der Waals surface area contributed by atoms with Gasteiger partial charge in [0.1, 0.15) is 5.82 Å². The van der Waals surface area contributed by atoms with Crippen molar-refractivity contribution in [2.75, 3.05) is 12.3 Å². The van der Waals surface area contributed by atoms with Crippen LogP contribution in [0.3, 0.4) is 0 Å². The second kappa shape index (κ2) is 8.98. The Labute approximate surface area is 157 Å². The highest BCUT2D eigenvalue weighted by Crippen LogP contribution is 2.22. The highest BCUT2D eigenvalue weighted by atomic mass is 35.5. The Balaban J connectivity index is 2.37. The minimum atomic E-state index is 0.276. The van der Waals surface area contributed by atoms with Gasteiger partial charge >= 0.3 is 0 Å². The number of hydrazine groups is 1. The van der Waals surface area contributed by atoms with Crippen LogP contribution in [0.4, 0.5) is 5.82 Å². The molecule has 26 heavy (non-hydrogen) atoms. The highest BCUT2D eigenvalue weighted by Gasteiger charge is 2.17. The lowest BCUT2D eigenvalue weighted by Crippen LogP contribution is -2.40. The molecule has 0 aliphatic rings. The fraction of sp³-hybridized carbons (Fsp3) is 0.167. The topological polar surface area (TPSA) is 119 Å². The fourth-order valence-electron chi connectivity index (χ4n) is 2.34. The Morgan fingerprint density at radius 1 is 1.35 bits per heavy atom. The number of anilines is 1. The highest BCUT2D eigenvalue weighted by molar-refractivity contribution is 6.31. The maximum Gasteiger partial charge on any atom is 0.173 e. The van der Waals surface area contributed by atoms with Crippen molar-refractivity contribution < 1.29 is 0 Å². The third-order valence-electron chi connectivity index (χ3n) is 3.68. The second-order valence-electron chi connectivity index (χ2n) is 5.61. The molecule has 0 bridgehead atoms. The molecule has 0 spiro atoms. The number of nitrogens with two attached hydrogens (primary N) is 3. The van der Waals surface area contributed by atoms with Crippen molar-refractivity contribution >= 4 is 23.3 Å². The number of hydrogen-bond acceptors (Lipinski definition) is 6. The van der Waals surface area contributed by atoms with Crippen molar-refractivity contribution in [1.29, 1.82) is 0 Å². The number of nitrogens with zero attached hydrogens (tertiary/aromatic N) is 4. The number of allylic oxidation sites excluding steroid dienone is 3. The summed E-state index contributed by atoms with van der Waals surface area (Å²) < 4.78 is 0. The molecule has 2 heterocycles. The van der Waals surface area contributed by atoms with Gasteiger partial charge in [0.2, 0.25) is 0 Å². The standard InChI is InChI=1S/C18H22ClN7/c1-3-5-16(19)12(2)11-26(22)18(25-21)15-8-14(10-24-17(15)20)13-6-4-7-23-9-13/h3-10H,11,21-22H2,1-2H3,(H2,20,24)/b5-3-,16-12+,25-18-. The predicted molar refractivity (Wildman–Crippen MR) is 107 cm³/mol. The van der Waals surface area contributed by atoms with Crippen molar-refractivity contribution in [3.05, 3.63) is 65.1 Å². The van der Waals surface area contributed by atoms with E-state index < -0.39 is 0 Å². The van der Waals surface area contributed by atoms with Gasteiger partial charge < -0.3 is 11.6 Å². The summed E-state index contributed by atoms with van der Waals surface area (Å²) in [5, 5.41) is 5.81. The molecule has 0 fully saturated rings. The molecule has 0 amide bonds. The number of hydrazone groups is 1. The Morgan fingerprint density at radius 3 is 2.73 bits per heavy atom. The minimum absolute atomic E-state index is 0.276. The van der Waals surface area contributed by atoms with Gasteiger partial charge in [-0.3, -0.25) is 9.99 Å². The lowest BCUT2D eigenvalue weighted by atomic mass is 10.1. The van der Waals surface area contributed by atoms with E-state index in [0.29, 0.717) is 23.0 Å². The normalized spacial score (nSPS) is 13.0. The van der Waals surface area contributed by atoms with Gasteiger partial charge in [0.15, 0.2) is 5.84 Å². The maximum absolute atomic E-state index is 6.20. The van der Waals surface area contributed by atoms with Crippen molar-refractivity contribution in [1.82, 2.24) is 15.0 Å². The first kappa shape index (κ1) is 19.4. The van der Waals surface area contributed by atoms with Crippen LogP contribution < -0.4 is 17.4 Å². The molecule has 2 aromatic rings. The third-order valence-corrected chi connectivity index (χ3v) is 4.13. The summed E-state index contributed by atoms with van der Waals surface area (Å²) in [7, 11) is 0. The average Bonchev–Trinajstić information content (AvgIpc) is 2.64. The van der Waals surface area contributed by atoms with Crippen molar-refractivity contribution in [3.63, 3.8) is 0 Å². The van der Waals surface area contributed by atoms with E-state index in [1.807, 2.05) is 38.1 Å². The monoisotopic (exact) mass is 371 g/mol. The molecule has 0 radical (unpaired) electrons. The van der Waals surface area contributed by atoms with Gasteiger partial charge in [0, 0.05) is 34.7 Å². The summed E-state index contributed by atoms with van der Waals surface area (Å²) in [6.45, 7) is 4.10. The van der Waals surface area contributed by atoms with Crippen LogP contribution in [0.15, 0.2) is 64.6 Å². The number of aromatic nitrogens is 2. The number of hydrogen-bond donors (Lipinski definition) is 3. The predicted octanol–water partition coefficient (Wildman–Crippen LogP) is 2.61. The molecule has 0 unspecified atom stereocenters. The van der Waals surface area contributed by atoms with Crippen LogP contribution in [0.25, 0.3) is 11.1 Å². The van der Waals surface area contributed by atoms with E-state index in [0.717, 1.165) is 16.7 Å². The molecule has 136 valence electrons. The van der Waals surface area contributed by atoms with Gasteiger partial charge in [-0.05, 0) is 37.6 Å². The minimum Gasteiger partial charge on any atom is -0.383 e. The van der Waals surface area contributed by atoms with E-state index in [1.165, 1.54) is 5.01 Å². The molecular formula is C18H22ClN7. The zero-order valence-electron chi connectivity index (χ0n) is 14.7. The molecule has 0 saturated carbocycles. The Morgan fingerprint density at radius 2 is 2.12 bits per heavy atom. The van der Waals surface area contributed by atoms with Crippen LogP contribution >= 0.6 is 11.6 Å². The first-order valence-corrected chi connectivity index (χ1v) is 8.30. The third kappa shape index (κ3) is 4.59. The fourth-order valence-corrected chi connectivity index (χ4v) is 2.52. The summed E-state index contributed by atoms with van der Waals surface area (Å²) in [6, 6.07) is 5.60. The van der Waals surface area contributed by atoms with E-state index in [2.05, 4.69) is 15.1 Å². The smallest absolute Gasteiger partial charge is 0.173 e. The van der Waals surface area contributed by atoms with Crippen LogP contribution in [0.2, 0.25) is 0 Å². The van der Waals surface area contributed by atoms with E-state index in [9.17, 15) is 0 Å². The summed E-state index contributed by atoms with van der Waals surface area (Å²) >= 11 is 6.20. The van der Waals surface area contributed by atoms with E-state index in [4.69, 9.17) is 29.0 Å². The summed E-state index contributed by atoms with van der Waals surface area (Å²) in [5.41, 5.74) is 9.15. The average molecular weight is 372 g/mol. The number of nitrogen functional groups attached to an aromatic ring is 1. The lowest BCUT2D eigenvalue weighted by Gasteiger charge is -2.22. The van der Waals surface area contributed by atoms with Gasteiger partial charge in [-0.1, -0.05) is 23.7 Å². The lowest BCUT2D eigenvalue weighted by molar-refractivity contribution is 0.476. The largest absolute Gasteiger partial charge is 0.383 e. The molecule has 0 saturated heterocycles. The van der Waals surface area contributed by atoms with Crippen molar-refractivity contribution in [2.24, 2.45) is 16.8 Å². The SMILES string of the molecule is C/C=C\C(Cl)=C(\C)CN(N)/C(=N\N)c1cc(-c2cccnc2)cnc1N. The first-order valence-electron chi connectivity index (χ1n) is 7.92. The Kier molecular flexibility index (Phi) is 6.71. The maximum atomic E-state index is 6.20. The van der Waals surface area contributed by atoms with Crippen LogP contribution in [0.5, 0.6) is 0 Å². The number of amidine groups is 1. The van der Waals surface area contributed by atoms with Crippen LogP contribution in [0, 0.1) is 0 Å². The molecular weight excluding hydrogens is 350 g/mol. The number of rotatable bonds is 5.